The Bertz CT molecular complexity index is 1040. The first kappa shape index (κ1) is 32.2. The molecule has 0 bridgehead atoms. The van der Waals surface area contributed by atoms with Gasteiger partial charge in [0.05, 0.1) is 5.92 Å². The highest BCUT2D eigenvalue weighted by Gasteiger charge is 2.35. The van der Waals surface area contributed by atoms with Crippen LogP contribution in [0.4, 0.5) is 19.1 Å². The van der Waals surface area contributed by atoms with Gasteiger partial charge in [-0.1, -0.05) is 40.3 Å². The number of allylic oxidation sites excluding steroid dienone is 2. The van der Waals surface area contributed by atoms with Gasteiger partial charge in [-0.3, -0.25) is 4.79 Å². The van der Waals surface area contributed by atoms with Gasteiger partial charge in [-0.25, -0.2) is 15.0 Å². The number of carbonyl (C=O) groups is 1. The lowest BCUT2D eigenvalue weighted by Gasteiger charge is -2.29. The lowest BCUT2D eigenvalue weighted by atomic mass is 9.85. The highest BCUT2D eigenvalue weighted by atomic mass is 32.1. The summed E-state index contributed by atoms with van der Waals surface area (Å²) in [7, 11) is 0. The maximum atomic E-state index is 12.2. The maximum Gasteiger partial charge on any atom is 0.433 e. The lowest BCUT2D eigenvalue weighted by molar-refractivity contribution is -0.143. The third-order valence-electron chi connectivity index (χ3n) is 5.33. The van der Waals surface area contributed by atoms with Crippen LogP contribution in [0, 0.1) is 11.8 Å². The second-order valence-electron chi connectivity index (χ2n) is 9.14. The molecule has 2 heterocycles. The molecule has 7 nitrogen and oxygen atoms in total. The molecule has 0 amide bonds. The smallest absolute Gasteiger partial charge is 0.433 e. The van der Waals surface area contributed by atoms with Crippen LogP contribution in [0.2, 0.25) is 0 Å². The van der Waals surface area contributed by atoms with E-state index in [-0.39, 0.29) is 5.95 Å². The molecule has 0 fully saturated rings. The Morgan fingerprint density at radius 1 is 1.27 bits per heavy atom. The number of carboxylic acids is 1. The highest BCUT2D eigenvalue weighted by molar-refractivity contribution is 7.12. The van der Waals surface area contributed by atoms with Crippen molar-refractivity contribution in [2.24, 2.45) is 11.8 Å². The van der Waals surface area contributed by atoms with E-state index in [1.54, 1.807) is 12.3 Å². The topological polar surface area (TPSA) is 108 Å². The summed E-state index contributed by atoms with van der Waals surface area (Å²) in [5.41, 5.74) is -1.09. The van der Waals surface area contributed by atoms with Crippen molar-refractivity contribution >= 4 is 28.8 Å². The first-order valence-corrected chi connectivity index (χ1v) is 12.9. The van der Waals surface area contributed by atoms with E-state index in [1.807, 2.05) is 34.6 Å². The van der Waals surface area contributed by atoms with Crippen LogP contribution in [0.25, 0.3) is 5.57 Å². The molecule has 11 heteroatoms. The monoisotopic (exact) mass is 542 g/mol. The molecule has 0 unspecified atom stereocenters. The van der Waals surface area contributed by atoms with Crippen molar-refractivity contribution in [1.82, 2.24) is 15.0 Å². The third kappa shape index (κ3) is 11.0. The van der Waals surface area contributed by atoms with Gasteiger partial charge < -0.3 is 15.5 Å². The fourth-order valence-corrected chi connectivity index (χ4v) is 4.38. The Labute approximate surface area is 220 Å². The van der Waals surface area contributed by atoms with E-state index < -0.39 is 29.4 Å². The number of nitrogens with zero attached hydrogens (tertiary/aromatic N) is 3. The standard InChI is InChI=1S/C17H27NO3S.C9H10F3N3/c1-6-13(15(19)20)7-8-17(21,9-11(2)3)16-18-10-14(22-16)12(4)5;1-2-3-5-13-8-14-6-4-7(15-8)9(10,11)12/h10-11,13,21H,4,6-9H2,1-3,5H3,(H,19,20);3-6H,2H2,1H3,(H,13,14,15)/b;5-3+/t13-,17+;/m0./s1. The van der Waals surface area contributed by atoms with Gasteiger partial charge in [0.25, 0.3) is 0 Å². The van der Waals surface area contributed by atoms with E-state index in [9.17, 15) is 28.2 Å². The first-order valence-electron chi connectivity index (χ1n) is 12.1. The molecule has 37 heavy (non-hydrogen) atoms. The molecule has 0 aliphatic carbocycles. The van der Waals surface area contributed by atoms with E-state index in [1.165, 1.54) is 17.5 Å². The quantitative estimate of drug-likeness (QED) is 0.262. The largest absolute Gasteiger partial charge is 0.481 e. The molecule has 0 radical (unpaired) electrons. The molecule has 2 aromatic rings. The number of rotatable bonds is 12. The zero-order valence-electron chi connectivity index (χ0n) is 22.0. The van der Waals surface area contributed by atoms with Crippen LogP contribution in [0.3, 0.4) is 0 Å². The second kappa shape index (κ2) is 14.8. The predicted octanol–water partition coefficient (Wildman–Crippen LogP) is 7.13. The number of nitrogens with one attached hydrogen (secondary N) is 1. The predicted molar refractivity (Wildman–Crippen MR) is 141 cm³/mol. The molecule has 0 saturated heterocycles. The molecule has 2 rings (SSSR count). The Kier molecular flexibility index (Phi) is 12.9. The van der Waals surface area contributed by atoms with Crippen molar-refractivity contribution in [2.45, 2.75) is 78.5 Å². The molecule has 0 spiro atoms. The summed E-state index contributed by atoms with van der Waals surface area (Å²) in [6, 6.07) is 0.828. The van der Waals surface area contributed by atoms with Crippen LogP contribution in [0.15, 0.2) is 37.3 Å². The Morgan fingerprint density at radius 3 is 2.43 bits per heavy atom. The minimum atomic E-state index is -4.44. The van der Waals surface area contributed by atoms with E-state index >= 15 is 0 Å². The summed E-state index contributed by atoms with van der Waals surface area (Å²) in [6.07, 6.45) is 4.43. The molecular formula is C26H37F3N4O3S. The van der Waals surface area contributed by atoms with Gasteiger partial charge in [0, 0.05) is 17.3 Å². The van der Waals surface area contributed by atoms with E-state index in [0.29, 0.717) is 36.6 Å². The first-order chi connectivity index (χ1) is 17.2. The van der Waals surface area contributed by atoms with Crippen LogP contribution in [0.1, 0.15) is 82.3 Å². The summed E-state index contributed by atoms with van der Waals surface area (Å²) in [5, 5.41) is 23.5. The zero-order chi connectivity index (χ0) is 28.2. The van der Waals surface area contributed by atoms with Crippen LogP contribution in [0.5, 0.6) is 0 Å². The van der Waals surface area contributed by atoms with Crippen molar-refractivity contribution in [1.29, 1.82) is 0 Å². The Morgan fingerprint density at radius 2 is 1.95 bits per heavy atom. The van der Waals surface area contributed by atoms with Crippen LogP contribution in [-0.2, 0) is 16.6 Å². The van der Waals surface area contributed by atoms with Gasteiger partial charge in [-0.2, -0.15) is 13.2 Å². The van der Waals surface area contributed by atoms with Crippen molar-refractivity contribution in [3.8, 4) is 0 Å². The molecule has 0 saturated carbocycles. The van der Waals surface area contributed by atoms with Gasteiger partial charge in [0.2, 0.25) is 5.95 Å². The Balaban J connectivity index is 0.000000397. The number of hydrogen-bond donors (Lipinski definition) is 3. The third-order valence-corrected chi connectivity index (χ3v) is 6.68. The SMILES string of the molecule is C=C(C)c1cnc([C@@](O)(CC[C@H](CC)C(=O)O)CC(C)C)s1.CC/C=C/Nc1nccc(C(F)(F)F)n1. The number of halogens is 3. The summed E-state index contributed by atoms with van der Waals surface area (Å²) in [4.78, 5) is 23.5. The number of alkyl halides is 3. The minimum absolute atomic E-state index is 0.0606. The summed E-state index contributed by atoms with van der Waals surface area (Å²) >= 11 is 1.45. The molecule has 206 valence electrons. The van der Waals surface area contributed by atoms with Gasteiger partial charge in [-0.05, 0) is 62.8 Å². The van der Waals surface area contributed by atoms with Crippen LogP contribution in [-0.4, -0.2) is 31.1 Å². The second-order valence-corrected chi connectivity index (χ2v) is 10.2. The number of anilines is 1. The van der Waals surface area contributed by atoms with Gasteiger partial charge in [0.1, 0.15) is 16.3 Å². The van der Waals surface area contributed by atoms with Gasteiger partial charge >= 0.3 is 12.1 Å². The van der Waals surface area contributed by atoms with Gasteiger partial charge in [-0.15, -0.1) is 11.3 Å². The average molecular weight is 543 g/mol. The van der Waals surface area contributed by atoms with Crippen LogP contribution >= 0.6 is 11.3 Å². The van der Waals surface area contributed by atoms with Crippen LogP contribution < -0.4 is 5.32 Å². The van der Waals surface area contributed by atoms with Crippen molar-refractivity contribution < 1.29 is 28.2 Å². The average Bonchev–Trinajstić information content (AvgIpc) is 3.31. The van der Waals surface area contributed by atoms with E-state index in [2.05, 4.69) is 26.8 Å². The summed E-state index contributed by atoms with van der Waals surface area (Å²) in [6.45, 7) is 13.7. The minimum Gasteiger partial charge on any atom is -0.481 e. The number of aliphatic hydroxyl groups is 1. The molecule has 0 aliphatic rings. The number of thiazole rings is 1. The van der Waals surface area contributed by atoms with Crippen molar-refractivity contribution in [3.05, 3.63) is 52.9 Å². The molecule has 2 aromatic heterocycles. The number of aliphatic carboxylic acids is 1. The lowest BCUT2D eigenvalue weighted by Crippen LogP contribution is -2.29. The Hall–Kier alpha value is -2.79. The molecule has 3 N–H and O–H groups in total. The number of aromatic nitrogens is 3. The van der Waals surface area contributed by atoms with Crippen molar-refractivity contribution in [3.63, 3.8) is 0 Å². The normalized spacial score (nSPS) is 14.1. The summed E-state index contributed by atoms with van der Waals surface area (Å²) in [5.74, 6) is -0.975. The number of carboxylic acid groups (broad SMARTS) is 1. The summed E-state index contributed by atoms with van der Waals surface area (Å²) < 4.78 is 36.7. The van der Waals surface area contributed by atoms with Crippen molar-refractivity contribution in [2.75, 3.05) is 5.32 Å². The molecule has 0 aromatic carbocycles. The number of hydrogen-bond acceptors (Lipinski definition) is 7. The van der Waals surface area contributed by atoms with E-state index in [0.717, 1.165) is 29.1 Å². The fraction of sp³-hybridized carbons (Fsp3) is 0.538. The maximum absolute atomic E-state index is 12.2. The van der Waals surface area contributed by atoms with Gasteiger partial charge in [0.15, 0.2) is 0 Å². The molecular weight excluding hydrogens is 505 g/mol. The zero-order valence-corrected chi connectivity index (χ0v) is 22.8. The molecule has 0 aliphatic heterocycles. The molecule has 2 atom stereocenters. The highest BCUT2D eigenvalue weighted by Crippen LogP contribution is 2.38. The fourth-order valence-electron chi connectivity index (χ4n) is 3.41. The van der Waals surface area contributed by atoms with E-state index in [4.69, 9.17) is 0 Å².